The van der Waals surface area contributed by atoms with Crippen molar-refractivity contribution in [2.75, 3.05) is 0 Å². The molecule has 0 spiro atoms. The molecule has 3 atom stereocenters. The van der Waals surface area contributed by atoms with Gasteiger partial charge < -0.3 is 15.4 Å². The van der Waals surface area contributed by atoms with E-state index in [0.29, 0.717) is 13.0 Å². The Labute approximate surface area is 112 Å². The number of hydrogen-bond acceptors (Lipinski definition) is 4. The Hall–Kier alpha value is -1.40. The zero-order valence-corrected chi connectivity index (χ0v) is 10.9. The predicted octanol–water partition coefficient (Wildman–Crippen LogP) is -0.156. The molecule has 19 heavy (non-hydrogen) atoms. The van der Waals surface area contributed by atoms with Crippen LogP contribution in [0.2, 0.25) is 0 Å². The van der Waals surface area contributed by atoms with Crippen molar-refractivity contribution in [3.8, 4) is 0 Å². The van der Waals surface area contributed by atoms with Gasteiger partial charge in [-0.25, -0.2) is 4.98 Å². The molecule has 104 valence electrons. The van der Waals surface area contributed by atoms with Crippen LogP contribution in [0.25, 0.3) is 0 Å². The lowest BCUT2D eigenvalue weighted by Crippen LogP contribution is -2.53. The van der Waals surface area contributed by atoms with Crippen LogP contribution in [0, 0.1) is 0 Å². The number of H-pyrrole nitrogens is 1. The number of amides is 1. The quantitative estimate of drug-likeness (QED) is 0.598. The fourth-order valence-electron chi connectivity index (χ4n) is 2.92. The van der Waals surface area contributed by atoms with Crippen LogP contribution in [0.15, 0.2) is 6.33 Å². The highest BCUT2D eigenvalue weighted by Gasteiger charge is 2.30. The number of carbonyl (C=O) groups is 1. The van der Waals surface area contributed by atoms with Crippen molar-refractivity contribution in [2.24, 2.45) is 0 Å². The fraction of sp³-hybridized carbons (Fsp3) is 0.692. The molecule has 3 unspecified atom stereocenters. The van der Waals surface area contributed by atoms with E-state index < -0.39 is 6.10 Å². The van der Waals surface area contributed by atoms with E-state index in [1.807, 2.05) is 0 Å². The van der Waals surface area contributed by atoms with Crippen LogP contribution in [0.3, 0.4) is 0 Å². The normalized spacial score (nSPS) is 30.7. The average molecular weight is 264 g/mol. The molecular formula is C13H20N4O2. The summed E-state index contributed by atoms with van der Waals surface area (Å²) >= 11 is 0. The molecule has 2 heterocycles. The summed E-state index contributed by atoms with van der Waals surface area (Å²) in [5.74, 6) is -0.0281. The summed E-state index contributed by atoms with van der Waals surface area (Å²) in [5, 5.41) is 16.1. The number of nitrogens with one attached hydrogen (secondary N) is 3. The SMILES string of the molecule is O=C(NC1CCCCC1O)C1Cc2nc[nH]c2CN1. The summed E-state index contributed by atoms with van der Waals surface area (Å²) in [4.78, 5) is 19.5. The number of carbonyl (C=O) groups excluding carboxylic acids is 1. The monoisotopic (exact) mass is 264 g/mol. The number of aromatic nitrogens is 2. The first-order valence-corrected chi connectivity index (χ1v) is 6.97. The second-order valence-corrected chi connectivity index (χ2v) is 5.43. The highest BCUT2D eigenvalue weighted by molar-refractivity contribution is 5.82. The average Bonchev–Trinajstić information content (AvgIpc) is 2.88. The Morgan fingerprint density at radius 1 is 1.42 bits per heavy atom. The maximum Gasteiger partial charge on any atom is 0.237 e. The van der Waals surface area contributed by atoms with Crippen LogP contribution in [-0.2, 0) is 17.8 Å². The van der Waals surface area contributed by atoms with E-state index in [1.165, 1.54) is 0 Å². The second-order valence-electron chi connectivity index (χ2n) is 5.43. The third-order valence-electron chi connectivity index (χ3n) is 4.10. The lowest BCUT2D eigenvalue weighted by atomic mass is 9.92. The molecule has 4 N–H and O–H groups in total. The fourth-order valence-corrected chi connectivity index (χ4v) is 2.92. The number of aliphatic hydroxyl groups is 1. The molecule has 6 heteroatoms. The molecule has 1 saturated carbocycles. The summed E-state index contributed by atoms with van der Waals surface area (Å²) in [5.41, 5.74) is 2.02. The van der Waals surface area contributed by atoms with Gasteiger partial charge in [-0.2, -0.15) is 0 Å². The molecule has 0 bridgehead atoms. The number of nitrogens with zero attached hydrogens (tertiary/aromatic N) is 1. The van der Waals surface area contributed by atoms with E-state index in [0.717, 1.165) is 37.1 Å². The molecule has 1 amide bonds. The van der Waals surface area contributed by atoms with Crippen molar-refractivity contribution in [3.63, 3.8) is 0 Å². The van der Waals surface area contributed by atoms with Gasteiger partial charge in [0.25, 0.3) is 0 Å². The van der Waals surface area contributed by atoms with Gasteiger partial charge >= 0.3 is 0 Å². The Bertz CT molecular complexity index is 459. The number of aromatic amines is 1. The van der Waals surface area contributed by atoms with Crippen molar-refractivity contribution in [2.45, 2.75) is 56.8 Å². The van der Waals surface area contributed by atoms with Gasteiger partial charge in [0, 0.05) is 13.0 Å². The predicted molar refractivity (Wildman–Crippen MR) is 69.3 cm³/mol. The van der Waals surface area contributed by atoms with Crippen LogP contribution in [0.4, 0.5) is 0 Å². The third-order valence-corrected chi connectivity index (χ3v) is 4.10. The molecule has 1 aliphatic heterocycles. The second kappa shape index (κ2) is 5.30. The van der Waals surface area contributed by atoms with Gasteiger partial charge in [-0.3, -0.25) is 10.1 Å². The number of imidazole rings is 1. The summed E-state index contributed by atoms with van der Waals surface area (Å²) < 4.78 is 0. The topological polar surface area (TPSA) is 90.0 Å². The van der Waals surface area contributed by atoms with Crippen LogP contribution in [-0.4, -0.2) is 39.2 Å². The minimum Gasteiger partial charge on any atom is -0.391 e. The standard InChI is InChI=1S/C13H20N4O2/c18-12-4-2-1-3-8(12)17-13(19)10-5-9-11(6-14-10)16-7-15-9/h7-8,10,12,14,18H,1-6H2,(H,15,16)(H,17,19). The molecule has 1 fully saturated rings. The zero-order valence-electron chi connectivity index (χ0n) is 10.9. The van der Waals surface area contributed by atoms with E-state index in [9.17, 15) is 9.90 Å². The van der Waals surface area contributed by atoms with E-state index in [-0.39, 0.29) is 18.0 Å². The Morgan fingerprint density at radius 2 is 2.26 bits per heavy atom. The van der Waals surface area contributed by atoms with Gasteiger partial charge in [0.15, 0.2) is 0 Å². The Balaban J connectivity index is 1.59. The molecule has 3 rings (SSSR count). The first-order valence-electron chi connectivity index (χ1n) is 6.97. The summed E-state index contributed by atoms with van der Waals surface area (Å²) in [6, 6.07) is -0.339. The van der Waals surface area contributed by atoms with Gasteiger partial charge in [-0.05, 0) is 12.8 Å². The van der Waals surface area contributed by atoms with E-state index in [1.54, 1.807) is 6.33 Å². The summed E-state index contributed by atoms with van der Waals surface area (Å²) in [7, 11) is 0. The minimum atomic E-state index is -0.401. The van der Waals surface area contributed by atoms with Crippen molar-refractivity contribution in [3.05, 3.63) is 17.7 Å². The zero-order chi connectivity index (χ0) is 13.2. The van der Waals surface area contributed by atoms with Crippen molar-refractivity contribution >= 4 is 5.91 Å². The largest absolute Gasteiger partial charge is 0.391 e. The van der Waals surface area contributed by atoms with Crippen LogP contribution >= 0.6 is 0 Å². The molecule has 1 aromatic heterocycles. The lowest BCUT2D eigenvalue weighted by molar-refractivity contribution is -0.125. The molecule has 1 aliphatic carbocycles. The van der Waals surface area contributed by atoms with E-state index >= 15 is 0 Å². The van der Waals surface area contributed by atoms with Gasteiger partial charge in [0.1, 0.15) is 0 Å². The summed E-state index contributed by atoms with van der Waals surface area (Å²) in [6.07, 6.45) is 5.64. The molecule has 0 saturated heterocycles. The molecule has 2 aliphatic rings. The Morgan fingerprint density at radius 3 is 3.11 bits per heavy atom. The number of rotatable bonds is 2. The van der Waals surface area contributed by atoms with Crippen molar-refractivity contribution in [1.29, 1.82) is 0 Å². The van der Waals surface area contributed by atoms with Crippen LogP contribution in [0.1, 0.15) is 37.1 Å². The number of fused-ring (bicyclic) bond motifs is 1. The maximum atomic E-state index is 12.2. The van der Waals surface area contributed by atoms with Gasteiger partial charge in [-0.1, -0.05) is 12.8 Å². The Kier molecular flexibility index (Phi) is 3.52. The highest BCUT2D eigenvalue weighted by atomic mass is 16.3. The minimum absolute atomic E-state index is 0.0281. The van der Waals surface area contributed by atoms with Gasteiger partial charge in [0.2, 0.25) is 5.91 Å². The first-order chi connectivity index (χ1) is 9.24. The maximum absolute atomic E-state index is 12.2. The van der Waals surface area contributed by atoms with E-state index in [2.05, 4.69) is 20.6 Å². The van der Waals surface area contributed by atoms with E-state index in [4.69, 9.17) is 0 Å². The van der Waals surface area contributed by atoms with Crippen molar-refractivity contribution < 1.29 is 9.90 Å². The lowest BCUT2D eigenvalue weighted by Gasteiger charge is -2.31. The third kappa shape index (κ3) is 2.64. The highest BCUT2D eigenvalue weighted by Crippen LogP contribution is 2.19. The van der Waals surface area contributed by atoms with Crippen LogP contribution in [0.5, 0.6) is 0 Å². The molecule has 1 aromatic rings. The smallest absolute Gasteiger partial charge is 0.237 e. The molecular weight excluding hydrogens is 244 g/mol. The molecule has 6 nitrogen and oxygen atoms in total. The number of aliphatic hydroxyl groups excluding tert-OH is 1. The van der Waals surface area contributed by atoms with Gasteiger partial charge in [0.05, 0.1) is 35.9 Å². The van der Waals surface area contributed by atoms with Crippen molar-refractivity contribution in [1.82, 2.24) is 20.6 Å². The molecule has 0 aromatic carbocycles. The first kappa shape index (κ1) is 12.6. The van der Waals surface area contributed by atoms with Crippen LogP contribution < -0.4 is 10.6 Å². The summed E-state index contributed by atoms with van der Waals surface area (Å²) in [6.45, 7) is 0.640. The number of hydrogen-bond donors (Lipinski definition) is 4. The van der Waals surface area contributed by atoms with Gasteiger partial charge in [-0.15, -0.1) is 0 Å². The molecule has 0 radical (unpaired) electrons.